The van der Waals surface area contributed by atoms with E-state index in [1.807, 2.05) is 0 Å². The average molecular weight is 571 g/mol. The molecule has 0 radical (unpaired) electrons. The zero-order valence-corrected chi connectivity index (χ0v) is 22.9. The predicted molar refractivity (Wildman–Crippen MR) is 142 cm³/mol. The van der Waals surface area contributed by atoms with Gasteiger partial charge < -0.3 is 9.15 Å². The molecule has 0 bridgehead atoms. The van der Waals surface area contributed by atoms with Crippen LogP contribution in [0.1, 0.15) is 64.8 Å². The zero-order chi connectivity index (χ0) is 29.5. The topological polar surface area (TPSA) is 86.0 Å². The van der Waals surface area contributed by atoms with Crippen molar-refractivity contribution in [2.45, 2.75) is 51.7 Å². The lowest BCUT2D eigenvalue weighted by Gasteiger charge is -2.21. The van der Waals surface area contributed by atoms with Gasteiger partial charge in [0, 0.05) is 37.0 Å². The second-order valence-corrected chi connectivity index (χ2v) is 10.4. The van der Waals surface area contributed by atoms with Crippen molar-refractivity contribution in [2.75, 3.05) is 6.61 Å². The Hall–Kier alpha value is -4.15. The van der Waals surface area contributed by atoms with Crippen LogP contribution >= 0.6 is 0 Å². The highest BCUT2D eigenvalue weighted by atomic mass is 19.4. The van der Waals surface area contributed by atoms with Crippen molar-refractivity contribution >= 4 is 5.78 Å². The summed E-state index contributed by atoms with van der Waals surface area (Å²) in [5, 5.41) is 11.6. The number of carbonyl (C=O) groups is 1. The van der Waals surface area contributed by atoms with Crippen molar-refractivity contribution in [1.29, 1.82) is 5.41 Å². The Morgan fingerprint density at radius 1 is 1.22 bits per heavy atom. The molecular formula is C30H30F4N4O3. The van der Waals surface area contributed by atoms with Crippen LogP contribution in [0, 0.1) is 24.1 Å². The van der Waals surface area contributed by atoms with E-state index in [-0.39, 0.29) is 71.1 Å². The molecule has 1 atom stereocenters. The van der Waals surface area contributed by atoms with Gasteiger partial charge in [-0.05, 0) is 73.4 Å². The summed E-state index contributed by atoms with van der Waals surface area (Å²) in [4.78, 5) is 14.0. The minimum atomic E-state index is -4.74. The lowest BCUT2D eigenvalue weighted by atomic mass is 9.85. The Balaban J connectivity index is 1.65. The number of carbonyl (C=O) groups excluding carboxylic acids is 1. The van der Waals surface area contributed by atoms with Gasteiger partial charge in [-0.15, -0.1) is 0 Å². The maximum Gasteiger partial charge on any atom is 0.435 e. The summed E-state index contributed by atoms with van der Waals surface area (Å²) >= 11 is 0. The number of oxazole rings is 1. The van der Waals surface area contributed by atoms with E-state index in [0.717, 1.165) is 23.1 Å². The molecule has 0 saturated heterocycles. The quantitative estimate of drug-likeness (QED) is 0.171. The number of hydrogen-bond donors (Lipinski definition) is 1. The molecule has 7 nitrogen and oxygen atoms in total. The molecule has 11 heteroatoms. The maximum atomic E-state index is 14.0. The number of hydrogen-bond acceptors (Lipinski definition) is 5. The molecule has 2 heterocycles. The summed E-state index contributed by atoms with van der Waals surface area (Å²) in [6.45, 7) is 3.57. The second-order valence-electron chi connectivity index (χ2n) is 10.4. The van der Waals surface area contributed by atoms with E-state index in [0.29, 0.717) is 11.1 Å². The molecule has 1 fully saturated rings. The number of nitrogens with one attached hydrogen (secondary N) is 1. The van der Waals surface area contributed by atoms with Gasteiger partial charge in [-0.3, -0.25) is 19.5 Å². The lowest BCUT2D eigenvalue weighted by molar-refractivity contribution is -0.140. The molecule has 2 aromatic heterocycles. The van der Waals surface area contributed by atoms with Crippen molar-refractivity contribution < 1.29 is 31.5 Å². The Labute approximate surface area is 233 Å². The number of rotatable bonds is 10. The summed E-state index contributed by atoms with van der Waals surface area (Å²) < 4.78 is 69.6. The predicted octanol–water partition coefficient (Wildman–Crippen LogP) is 6.64. The molecule has 2 aromatic carbocycles. The summed E-state index contributed by atoms with van der Waals surface area (Å²) in [7, 11) is 1.40. The highest BCUT2D eigenvalue weighted by Crippen LogP contribution is 2.47. The third-order valence-corrected chi connectivity index (χ3v) is 7.37. The van der Waals surface area contributed by atoms with Crippen LogP contribution in [0.25, 0.3) is 11.1 Å². The molecule has 5 rings (SSSR count). The number of aromatic nitrogens is 3. The van der Waals surface area contributed by atoms with Gasteiger partial charge in [0.1, 0.15) is 17.8 Å². The normalized spacial score (nSPS) is 14.3. The molecule has 1 saturated carbocycles. The molecule has 216 valence electrons. The summed E-state index contributed by atoms with van der Waals surface area (Å²) in [5.41, 5.74) is 0.617. The van der Waals surface area contributed by atoms with E-state index in [1.54, 1.807) is 32.0 Å². The van der Waals surface area contributed by atoms with Crippen LogP contribution in [-0.2, 0) is 19.8 Å². The van der Waals surface area contributed by atoms with Crippen LogP contribution in [0.4, 0.5) is 17.6 Å². The molecule has 1 N–H and O–H groups in total. The number of nitrogens with zero attached hydrogens (tertiary/aromatic N) is 3. The third kappa shape index (κ3) is 5.98. The number of Topliss-reactive ketones (excluding diaryl/α,β-unsaturated/α-hetero) is 1. The number of alkyl halides is 3. The van der Waals surface area contributed by atoms with Crippen LogP contribution in [0.2, 0.25) is 0 Å². The second kappa shape index (κ2) is 11.0. The number of halogens is 4. The first-order valence-electron chi connectivity index (χ1n) is 13.3. The molecule has 1 aliphatic carbocycles. The molecule has 0 aliphatic heterocycles. The van der Waals surface area contributed by atoms with Crippen LogP contribution in [-0.4, -0.2) is 26.7 Å². The Morgan fingerprint density at radius 3 is 2.59 bits per heavy atom. The Bertz CT molecular complexity index is 1650. The first-order valence-corrected chi connectivity index (χ1v) is 13.3. The minimum Gasteiger partial charge on any atom is -0.492 e. The monoisotopic (exact) mass is 570 g/mol. The van der Waals surface area contributed by atoms with Crippen molar-refractivity contribution in [3.63, 3.8) is 0 Å². The zero-order valence-electron chi connectivity index (χ0n) is 22.9. The van der Waals surface area contributed by atoms with Crippen molar-refractivity contribution in [3.05, 3.63) is 88.4 Å². The van der Waals surface area contributed by atoms with Crippen LogP contribution < -0.4 is 10.4 Å². The first-order chi connectivity index (χ1) is 19.5. The fraction of sp³-hybridized carbons (Fsp3) is 0.367. The summed E-state index contributed by atoms with van der Waals surface area (Å²) in [5.74, 6) is -0.489. The van der Waals surface area contributed by atoms with Gasteiger partial charge in [0.2, 0.25) is 0 Å². The molecule has 1 aliphatic rings. The van der Waals surface area contributed by atoms with E-state index >= 15 is 0 Å². The lowest BCUT2D eigenvalue weighted by Crippen LogP contribution is -2.16. The largest absolute Gasteiger partial charge is 0.492 e. The van der Waals surface area contributed by atoms with Crippen molar-refractivity contribution in [2.24, 2.45) is 13.0 Å². The fourth-order valence-electron chi connectivity index (χ4n) is 5.27. The van der Waals surface area contributed by atoms with E-state index in [9.17, 15) is 22.4 Å². The van der Waals surface area contributed by atoms with E-state index in [2.05, 4.69) is 5.10 Å². The van der Waals surface area contributed by atoms with Gasteiger partial charge in [0.05, 0.1) is 18.7 Å². The summed E-state index contributed by atoms with van der Waals surface area (Å²) in [6.07, 6.45) is 1.33. The summed E-state index contributed by atoms with van der Waals surface area (Å²) in [6, 6.07) is 8.00. The highest BCUT2D eigenvalue weighted by Gasteiger charge is 2.39. The highest BCUT2D eigenvalue weighted by molar-refractivity contribution is 6.02. The smallest absolute Gasteiger partial charge is 0.435 e. The Morgan fingerprint density at radius 2 is 1.98 bits per heavy atom. The van der Waals surface area contributed by atoms with E-state index in [4.69, 9.17) is 14.6 Å². The van der Waals surface area contributed by atoms with Crippen molar-refractivity contribution in [3.8, 4) is 16.9 Å². The van der Waals surface area contributed by atoms with Gasteiger partial charge in [-0.25, -0.2) is 4.39 Å². The SMILES string of the molecule is CCOc1c(C(=O)C[C@H](c2ccc(F)c(C)c2)C2CC2)cc(Cn2ccoc2=N)cc1-c1cn(C)nc1C(F)(F)F. The standard InChI is InChI=1S/C30H30F4N4O3/c1-4-40-27-22(24-16-37(3)36-28(24)30(32,33)34)12-18(15-38-9-10-41-29(38)35)13-23(27)26(39)14-21(19-5-6-19)20-7-8-25(31)17(2)11-20/h7-13,16,19,21,35H,4-6,14-15H2,1-3H3/t21-/m0/s1. The fourth-order valence-corrected chi connectivity index (χ4v) is 5.27. The molecule has 0 unspecified atom stereocenters. The maximum absolute atomic E-state index is 14.0. The van der Waals surface area contributed by atoms with Gasteiger partial charge in [0.25, 0.3) is 5.68 Å². The van der Waals surface area contributed by atoms with Gasteiger partial charge in [-0.1, -0.05) is 12.1 Å². The van der Waals surface area contributed by atoms with Crippen LogP contribution in [0.5, 0.6) is 5.75 Å². The van der Waals surface area contributed by atoms with E-state index < -0.39 is 11.9 Å². The minimum absolute atomic E-state index is 0.0490. The average Bonchev–Trinajstić information content (AvgIpc) is 3.56. The van der Waals surface area contributed by atoms with Gasteiger partial charge >= 0.3 is 6.18 Å². The van der Waals surface area contributed by atoms with Gasteiger partial charge in [0.15, 0.2) is 11.5 Å². The molecule has 0 amide bonds. The van der Waals surface area contributed by atoms with Crippen molar-refractivity contribution in [1.82, 2.24) is 14.3 Å². The third-order valence-electron chi connectivity index (χ3n) is 7.37. The van der Waals surface area contributed by atoms with Gasteiger partial charge in [-0.2, -0.15) is 18.3 Å². The van der Waals surface area contributed by atoms with Crippen LogP contribution in [0.3, 0.4) is 0 Å². The molecule has 4 aromatic rings. The number of benzene rings is 2. The number of ketones is 1. The molecular weight excluding hydrogens is 540 g/mol. The Kier molecular flexibility index (Phi) is 7.63. The molecule has 0 spiro atoms. The van der Waals surface area contributed by atoms with E-state index in [1.165, 1.54) is 42.4 Å². The first kappa shape index (κ1) is 28.4. The molecule has 41 heavy (non-hydrogen) atoms. The number of aryl methyl sites for hydroxylation is 2. The number of ether oxygens (including phenoxy) is 1. The van der Waals surface area contributed by atoms with Crippen LogP contribution in [0.15, 0.2) is 53.4 Å².